The molecule has 0 aliphatic rings. The maximum absolute atomic E-state index is 12.0. The molecule has 1 N–H and O–H groups in total. The van der Waals surface area contributed by atoms with Crippen molar-refractivity contribution >= 4 is 5.97 Å². The van der Waals surface area contributed by atoms with Crippen LogP contribution in [0.1, 0.15) is 34.8 Å². The lowest BCUT2D eigenvalue weighted by Gasteiger charge is -2.11. The second-order valence-electron chi connectivity index (χ2n) is 4.17. The predicted molar refractivity (Wildman–Crippen MR) is 68.2 cm³/mol. The quantitative estimate of drug-likeness (QED) is 0.782. The van der Waals surface area contributed by atoms with Crippen molar-refractivity contribution in [2.24, 2.45) is 0 Å². The zero-order valence-corrected chi connectivity index (χ0v) is 11.0. The Morgan fingerprint density at radius 3 is 2.67 bits per heavy atom. The fourth-order valence-corrected chi connectivity index (χ4v) is 1.79. The van der Waals surface area contributed by atoms with Crippen LogP contribution >= 0.6 is 0 Å². The number of aromatic carboxylic acids is 1. The number of nitrogens with zero attached hydrogens (tertiary/aromatic N) is 1. The summed E-state index contributed by atoms with van der Waals surface area (Å²) in [6, 6.07) is 0. The van der Waals surface area contributed by atoms with Crippen molar-refractivity contribution in [3.8, 4) is 0 Å². The number of aromatic nitrogens is 1. The van der Waals surface area contributed by atoms with Crippen LogP contribution in [-0.4, -0.2) is 28.9 Å². The van der Waals surface area contributed by atoms with Crippen molar-refractivity contribution in [1.29, 1.82) is 0 Å². The van der Waals surface area contributed by atoms with Crippen LogP contribution < -0.4 is 5.56 Å². The Hall–Kier alpha value is -1.62. The molecule has 0 aliphatic carbocycles. The van der Waals surface area contributed by atoms with Gasteiger partial charge in [0.2, 0.25) is 0 Å². The Bertz CT molecular complexity index is 490. The lowest BCUT2D eigenvalue weighted by molar-refractivity contribution is 0.0693. The second kappa shape index (κ2) is 6.35. The zero-order chi connectivity index (χ0) is 13.7. The van der Waals surface area contributed by atoms with E-state index in [2.05, 4.69) is 0 Å². The fraction of sp³-hybridized carbons (Fsp3) is 0.538. The summed E-state index contributed by atoms with van der Waals surface area (Å²) in [7, 11) is 0. The summed E-state index contributed by atoms with van der Waals surface area (Å²) < 4.78 is 6.64. The third kappa shape index (κ3) is 3.20. The van der Waals surface area contributed by atoms with Crippen molar-refractivity contribution in [2.45, 2.75) is 33.7 Å². The maximum atomic E-state index is 12.0. The molecule has 0 amide bonds. The average molecular weight is 253 g/mol. The van der Waals surface area contributed by atoms with E-state index in [1.165, 1.54) is 4.57 Å². The topological polar surface area (TPSA) is 68.5 Å². The van der Waals surface area contributed by atoms with Gasteiger partial charge in [-0.25, -0.2) is 4.79 Å². The third-order valence-electron chi connectivity index (χ3n) is 2.90. The van der Waals surface area contributed by atoms with Crippen LogP contribution in [0.25, 0.3) is 0 Å². The van der Waals surface area contributed by atoms with Crippen LogP contribution in [0.2, 0.25) is 0 Å². The second-order valence-corrected chi connectivity index (χ2v) is 4.17. The van der Waals surface area contributed by atoms with E-state index in [0.29, 0.717) is 31.7 Å². The molecule has 0 saturated carbocycles. The molecule has 0 aromatic carbocycles. The molecule has 1 rings (SSSR count). The van der Waals surface area contributed by atoms with Crippen LogP contribution in [-0.2, 0) is 11.3 Å². The molecular formula is C13H19NO4. The molecule has 5 nitrogen and oxygen atoms in total. The Morgan fingerprint density at radius 2 is 2.11 bits per heavy atom. The number of rotatable bonds is 6. The Balaban J connectivity index is 3.00. The van der Waals surface area contributed by atoms with E-state index in [1.54, 1.807) is 20.0 Å². The van der Waals surface area contributed by atoms with E-state index in [0.717, 1.165) is 5.56 Å². The van der Waals surface area contributed by atoms with Gasteiger partial charge in [0, 0.05) is 26.0 Å². The smallest absolute Gasteiger partial charge is 0.341 e. The van der Waals surface area contributed by atoms with Gasteiger partial charge in [0.1, 0.15) is 5.56 Å². The highest BCUT2D eigenvalue weighted by Gasteiger charge is 2.16. The number of aryl methyl sites for hydroxylation is 2. The molecule has 100 valence electrons. The molecule has 0 fully saturated rings. The van der Waals surface area contributed by atoms with Crippen molar-refractivity contribution in [1.82, 2.24) is 4.57 Å². The number of hydrogen-bond donors (Lipinski definition) is 1. The highest BCUT2D eigenvalue weighted by atomic mass is 16.5. The molecule has 0 radical (unpaired) electrons. The van der Waals surface area contributed by atoms with Gasteiger partial charge in [-0.05, 0) is 38.3 Å². The van der Waals surface area contributed by atoms with E-state index in [1.807, 2.05) is 6.92 Å². The Labute approximate surface area is 106 Å². The fourth-order valence-electron chi connectivity index (χ4n) is 1.79. The summed E-state index contributed by atoms with van der Waals surface area (Å²) in [5.74, 6) is -1.17. The third-order valence-corrected chi connectivity index (χ3v) is 2.90. The van der Waals surface area contributed by atoms with Crippen LogP contribution in [0.5, 0.6) is 0 Å². The van der Waals surface area contributed by atoms with E-state index in [4.69, 9.17) is 9.84 Å². The summed E-state index contributed by atoms with van der Waals surface area (Å²) >= 11 is 0. The molecule has 1 heterocycles. The summed E-state index contributed by atoms with van der Waals surface area (Å²) in [6.45, 7) is 7.05. The van der Waals surface area contributed by atoms with Gasteiger partial charge in [-0.1, -0.05) is 0 Å². The number of carbonyl (C=O) groups is 1. The lowest BCUT2D eigenvalue weighted by Crippen LogP contribution is -2.28. The lowest BCUT2D eigenvalue weighted by atomic mass is 10.1. The largest absolute Gasteiger partial charge is 0.477 e. The average Bonchev–Trinajstić information content (AvgIpc) is 2.30. The molecule has 5 heteroatoms. The van der Waals surface area contributed by atoms with Gasteiger partial charge in [-0.15, -0.1) is 0 Å². The molecule has 1 aromatic heterocycles. The van der Waals surface area contributed by atoms with Crippen molar-refractivity contribution in [2.75, 3.05) is 13.2 Å². The molecule has 0 aliphatic heterocycles. The Morgan fingerprint density at radius 1 is 1.44 bits per heavy atom. The van der Waals surface area contributed by atoms with Gasteiger partial charge >= 0.3 is 5.97 Å². The van der Waals surface area contributed by atoms with Gasteiger partial charge in [0.25, 0.3) is 5.56 Å². The van der Waals surface area contributed by atoms with Crippen molar-refractivity contribution in [3.05, 3.63) is 33.2 Å². The van der Waals surface area contributed by atoms with Gasteiger partial charge in [-0.3, -0.25) is 4.79 Å². The summed E-state index contributed by atoms with van der Waals surface area (Å²) in [6.07, 6.45) is 2.39. The standard InChI is InChI=1S/C13H19NO4/c1-4-18-7-5-6-14-8-9(2)10(3)11(12(14)15)13(16)17/h8H,4-7H2,1-3H3,(H,16,17). The molecular weight excluding hydrogens is 234 g/mol. The van der Waals surface area contributed by atoms with Gasteiger partial charge in [0.05, 0.1) is 0 Å². The molecule has 1 aromatic rings. The highest BCUT2D eigenvalue weighted by molar-refractivity contribution is 5.89. The van der Waals surface area contributed by atoms with Crippen molar-refractivity contribution in [3.63, 3.8) is 0 Å². The summed E-state index contributed by atoms with van der Waals surface area (Å²) in [5.41, 5.74) is 0.769. The predicted octanol–water partition coefficient (Wildman–Crippen LogP) is 1.59. The first-order chi connectivity index (χ1) is 8.49. The van der Waals surface area contributed by atoms with E-state index < -0.39 is 11.5 Å². The summed E-state index contributed by atoms with van der Waals surface area (Å²) in [4.78, 5) is 23.1. The van der Waals surface area contributed by atoms with Crippen LogP contribution in [0.15, 0.2) is 11.0 Å². The first-order valence-corrected chi connectivity index (χ1v) is 6.00. The highest BCUT2D eigenvalue weighted by Crippen LogP contribution is 2.09. The summed E-state index contributed by atoms with van der Waals surface area (Å²) in [5, 5.41) is 9.07. The molecule has 0 bridgehead atoms. The first kappa shape index (κ1) is 14.4. The Kier molecular flexibility index (Phi) is 5.09. The van der Waals surface area contributed by atoms with E-state index >= 15 is 0 Å². The number of hydrogen-bond acceptors (Lipinski definition) is 3. The van der Waals surface area contributed by atoms with Crippen LogP contribution in [0.3, 0.4) is 0 Å². The van der Waals surface area contributed by atoms with Gasteiger partial charge < -0.3 is 14.4 Å². The molecule has 0 atom stereocenters. The van der Waals surface area contributed by atoms with E-state index in [-0.39, 0.29) is 5.56 Å². The number of carboxylic acids is 1. The zero-order valence-electron chi connectivity index (χ0n) is 11.0. The molecule has 18 heavy (non-hydrogen) atoms. The number of pyridine rings is 1. The minimum Gasteiger partial charge on any atom is -0.477 e. The number of ether oxygens (including phenoxy) is 1. The van der Waals surface area contributed by atoms with E-state index in [9.17, 15) is 9.59 Å². The SMILES string of the molecule is CCOCCCn1cc(C)c(C)c(C(=O)O)c1=O. The van der Waals surface area contributed by atoms with Crippen LogP contribution in [0.4, 0.5) is 0 Å². The molecule has 0 saturated heterocycles. The minimum atomic E-state index is -1.17. The van der Waals surface area contributed by atoms with Gasteiger partial charge in [-0.2, -0.15) is 0 Å². The maximum Gasteiger partial charge on any atom is 0.341 e. The molecule has 0 unspecified atom stereocenters. The minimum absolute atomic E-state index is 0.133. The number of carboxylic acid groups (broad SMARTS) is 1. The normalized spacial score (nSPS) is 10.6. The molecule has 0 spiro atoms. The first-order valence-electron chi connectivity index (χ1n) is 6.00. The monoisotopic (exact) mass is 253 g/mol. The van der Waals surface area contributed by atoms with Crippen LogP contribution in [0, 0.1) is 13.8 Å². The van der Waals surface area contributed by atoms with Crippen molar-refractivity contribution < 1.29 is 14.6 Å². The van der Waals surface area contributed by atoms with Gasteiger partial charge in [0.15, 0.2) is 0 Å².